The van der Waals surface area contributed by atoms with Crippen molar-refractivity contribution in [1.29, 1.82) is 0 Å². The zero-order valence-corrected chi connectivity index (χ0v) is 16.5. The summed E-state index contributed by atoms with van der Waals surface area (Å²) in [5, 5.41) is 2.93. The van der Waals surface area contributed by atoms with Gasteiger partial charge in [0.05, 0.1) is 5.56 Å². The summed E-state index contributed by atoms with van der Waals surface area (Å²) in [6.07, 6.45) is -3.46. The van der Waals surface area contributed by atoms with Gasteiger partial charge in [-0.3, -0.25) is 4.79 Å². The number of nitrogens with zero attached hydrogens (tertiary/aromatic N) is 1. The average Bonchev–Trinajstić information content (AvgIpc) is 2.73. The van der Waals surface area contributed by atoms with Gasteiger partial charge in [0.2, 0.25) is 0 Å². The minimum absolute atomic E-state index is 0.293. The van der Waals surface area contributed by atoms with E-state index in [9.17, 15) is 18.0 Å². The summed E-state index contributed by atoms with van der Waals surface area (Å²) in [6.45, 7) is 1.86. The second kappa shape index (κ2) is 7.95. The number of fused-ring (bicyclic) bond motifs is 1. The summed E-state index contributed by atoms with van der Waals surface area (Å²) < 4.78 is 38.5. The van der Waals surface area contributed by atoms with Crippen molar-refractivity contribution in [1.82, 2.24) is 4.90 Å². The third-order valence-corrected chi connectivity index (χ3v) is 5.36. The van der Waals surface area contributed by atoms with Crippen LogP contribution in [0.5, 0.6) is 0 Å². The van der Waals surface area contributed by atoms with Crippen molar-refractivity contribution in [3.05, 3.63) is 89.0 Å². The van der Waals surface area contributed by atoms with Crippen molar-refractivity contribution in [3.8, 4) is 11.1 Å². The molecule has 1 heterocycles. The first-order valence-corrected chi connectivity index (χ1v) is 9.69. The van der Waals surface area contributed by atoms with E-state index < -0.39 is 11.7 Å². The molecule has 1 aliphatic heterocycles. The first kappa shape index (κ1) is 20.2. The Morgan fingerprint density at radius 3 is 2.43 bits per heavy atom. The number of carbonyl (C=O) groups excluding carboxylic acids is 1. The standard InChI is InChI=1S/C24H21F3N2O/c1-29-13-12-17-14-20(11-8-18(17)15-29)28-23(30)22-5-3-2-4-21(22)16-6-9-19(10-7-16)24(25,26)27/h2-11,14H,12-13,15H2,1H3,(H,28,30). The van der Waals surface area contributed by atoms with Crippen molar-refractivity contribution in [2.75, 3.05) is 18.9 Å². The van der Waals surface area contributed by atoms with E-state index in [2.05, 4.69) is 17.3 Å². The second-order valence-corrected chi connectivity index (χ2v) is 7.55. The molecule has 0 saturated heterocycles. The molecule has 3 aromatic rings. The molecule has 0 aromatic heterocycles. The van der Waals surface area contributed by atoms with Crippen LogP contribution in [0.2, 0.25) is 0 Å². The number of anilines is 1. The number of hydrogen-bond donors (Lipinski definition) is 1. The van der Waals surface area contributed by atoms with E-state index in [-0.39, 0.29) is 5.91 Å². The molecule has 0 bridgehead atoms. The predicted octanol–water partition coefficient (Wildman–Crippen LogP) is 5.61. The highest BCUT2D eigenvalue weighted by Gasteiger charge is 2.30. The van der Waals surface area contributed by atoms with Crippen molar-refractivity contribution < 1.29 is 18.0 Å². The molecule has 0 unspecified atom stereocenters. The Labute approximate surface area is 173 Å². The lowest BCUT2D eigenvalue weighted by Gasteiger charge is -2.25. The lowest BCUT2D eigenvalue weighted by molar-refractivity contribution is -0.137. The highest BCUT2D eigenvalue weighted by molar-refractivity contribution is 6.08. The smallest absolute Gasteiger partial charge is 0.322 e. The third-order valence-electron chi connectivity index (χ3n) is 5.36. The Kier molecular flexibility index (Phi) is 5.35. The molecule has 6 heteroatoms. The van der Waals surface area contributed by atoms with Gasteiger partial charge in [0.15, 0.2) is 0 Å². The lowest BCUT2D eigenvalue weighted by atomic mass is 9.97. The Bertz CT molecular complexity index is 1070. The van der Waals surface area contributed by atoms with Crippen molar-refractivity contribution >= 4 is 11.6 Å². The molecule has 0 aliphatic carbocycles. The summed E-state index contributed by atoms with van der Waals surface area (Å²) in [4.78, 5) is 15.2. The largest absolute Gasteiger partial charge is 0.416 e. The van der Waals surface area contributed by atoms with Gasteiger partial charge in [-0.2, -0.15) is 13.2 Å². The van der Waals surface area contributed by atoms with Crippen LogP contribution >= 0.6 is 0 Å². The van der Waals surface area contributed by atoms with Crippen molar-refractivity contribution in [2.24, 2.45) is 0 Å². The van der Waals surface area contributed by atoms with E-state index in [1.54, 1.807) is 24.3 Å². The molecule has 154 valence electrons. The van der Waals surface area contributed by atoms with E-state index >= 15 is 0 Å². The molecule has 30 heavy (non-hydrogen) atoms. The highest BCUT2D eigenvalue weighted by Crippen LogP contribution is 2.32. The fraction of sp³-hybridized carbons (Fsp3) is 0.208. The molecule has 0 spiro atoms. The van der Waals surface area contributed by atoms with Gasteiger partial charge < -0.3 is 10.2 Å². The van der Waals surface area contributed by atoms with Crippen LogP contribution in [0, 0.1) is 0 Å². The van der Waals surface area contributed by atoms with E-state index in [0.717, 1.165) is 31.6 Å². The number of carbonyl (C=O) groups is 1. The van der Waals surface area contributed by atoms with E-state index in [1.165, 1.54) is 23.3 Å². The lowest BCUT2D eigenvalue weighted by Crippen LogP contribution is -2.26. The minimum Gasteiger partial charge on any atom is -0.322 e. The SMILES string of the molecule is CN1CCc2cc(NC(=O)c3ccccc3-c3ccc(C(F)(F)F)cc3)ccc2C1. The van der Waals surface area contributed by atoms with Gasteiger partial charge in [-0.25, -0.2) is 0 Å². The Hall–Kier alpha value is -3.12. The van der Waals surface area contributed by atoms with Crippen LogP contribution in [0.15, 0.2) is 66.7 Å². The van der Waals surface area contributed by atoms with E-state index in [1.807, 2.05) is 18.2 Å². The molecular formula is C24H21F3N2O. The van der Waals surface area contributed by atoms with Crippen molar-refractivity contribution in [3.63, 3.8) is 0 Å². The predicted molar refractivity (Wildman–Crippen MR) is 111 cm³/mol. The number of likely N-dealkylation sites (N-methyl/N-ethyl adjacent to an activating group) is 1. The van der Waals surface area contributed by atoms with Crippen LogP contribution in [0.3, 0.4) is 0 Å². The third kappa shape index (κ3) is 4.24. The van der Waals surface area contributed by atoms with Crippen LogP contribution < -0.4 is 5.32 Å². The molecule has 1 amide bonds. The quantitative estimate of drug-likeness (QED) is 0.609. The van der Waals surface area contributed by atoms with Gasteiger partial charge in [-0.1, -0.05) is 36.4 Å². The molecule has 0 fully saturated rings. The van der Waals surface area contributed by atoms with Crippen LogP contribution in [0.4, 0.5) is 18.9 Å². The van der Waals surface area contributed by atoms with Crippen molar-refractivity contribution in [2.45, 2.75) is 19.1 Å². The first-order chi connectivity index (χ1) is 14.3. The molecule has 3 nitrogen and oxygen atoms in total. The van der Waals surface area contributed by atoms with Gasteiger partial charge in [0.25, 0.3) is 5.91 Å². The van der Waals surface area contributed by atoms with E-state index in [0.29, 0.717) is 22.4 Å². The van der Waals surface area contributed by atoms with Gasteiger partial charge in [-0.15, -0.1) is 0 Å². The van der Waals surface area contributed by atoms with Crippen LogP contribution in [-0.2, 0) is 19.1 Å². The normalized spacial score (nSPS) is 14.3. The van der Waals surface area contributed by atoms with Crippen LogP contribution in [-0.4, -0.2) is 24.4 Å². The van der Waals surface area contributed by atoms with Gasteiger partial charge in [-0.05, 0) is 66.1 Å². The topological polar surface area (TPSA) is 32.3 Å². The summed E-state index contributed by atoms with van der Waals surface area (Å²) in [7, 11) is 2.08. The maximum absolute atomic E-state index is 13.0. The number of halogens is 3. The van der Waals surface area contributed by atoms with Crippen LogP contribution in [0.1, 0.15) is 27.0 Å². The summed E-state index contributed by atoms with van der Waals surface area (Å²) in [5.74, 6) is -0.293. The van der Waals surface area contributed by atoms with Gasteiger partial charge >= 0.3 is 6.18 Å². The Morgan fingerprint density at radius 2 is 1.70 bits per heavy atom. The first-order valence-electron chi connectivity index (χ1n) is 9.69. The monoisotopic (exact) mass is 410 g/mol. The minimum atomic E-state index is -4.39. The number of amides is 1. The molecule has 0 saturated carbocycles. The highest BCUT2D eigenvalue weighted by atomic mass is 19.4. The summed E-state index contributed by atoms with van der Waals surface area (Å²) >= 11 is 0. The molecule has 4 rings (SSSR count). The molecule has 0 atom stereocenters. The summed E-state index contributed by atoms with van der Waals surface area (Å²) in [6, 6.07) is 17.7. The van der Waals surface area contributed by atoms with E-state index in [4.69, 9.17) is 0 Å². The fourth-order valence-electron chi connectivity index (χ4n) is 3.74. The average molecular weight is 410 g/mol. The number of rotatable bonds is 3. The Morgan fingerprint density at radius 1 is 0.967 bits per heavy atom. The fourth-order valence-corrected chi connectivity index (χ4v) is 3.74. The number of hydrogen-bond acceptors (Lipinski definition) is 2. The number of alkyl halides is 3. The molecule has 1 N–H and O–H groups in total. The maximum Gasteiger partial charge on any atom is 0.416 e. The second-order valence-electron chi connectivity index (χ2n) is 7.55. The maximum atomic E-state index is 13.0. The molecule has 0 radical (unpaired) electrons. The number of nitrogens with one attached hydrogen (secondary N) is 1. The van der Waals surface area contributed by atoms with Gasteiger partial charge in [0, 0.05) is 24.3 Å². The zero-order valence-electron chi connectivity index (χ0n) is 16.5. The van der Waals surface area contributed by atoms with Gasteiger partial charge in [0.1, 0.15) is 0 Å². The Balaban J connectivity index is 1.59. The van der Waals surface area contributed by atoms with Crippen LogP contribution in [0.25, 0.3) is 11.1 Å². The number of benzene rings is 3. The molecular weight excluding hydrogens is 389 g/mol. The molecule has 3 aromatic carbocycles. The summed E-state index contributed by atoms with van der Waals surface area (Å²) in [5.41, 5.74) is 4.03. The molecule has 1 aliphatic rings. The zero-order chi connectivity index (χ0) is 21.3.